The van der Waals surface area contributed by atoms with Crippen molar-refractivity contribution in [3.8, 4) is 5.75 Å². The number of anilines is 1. The lowest BCUT2D eigenvalue weighted by molar-refractivity contribution is 0.167. The Hall–Kier alpha value is -1.31. The number of nitrogen functional groups attached to an aromatic ring is 1. The minimum atomic E-state index is -3.67. The lowest BCUT2D eigenvalue weighted by Crippen LogP contribution is -2.32. The summed E-state index contributed by atoms with van der Waals surface area (Å²) in [5, 5.41) is 9.53. The topological polar surface area (TPSA) is 102 Å². The van der Waals surface area contributed by atoms with E-state index in [1.54, 1.807) is 0 Å². The summed E-state index contributed by atoms with van der Waals surface area (Å²) in [6.45, 7) is 1.91. The molecule has 19 heavy (non-hydrogen) atoms. The largest absolute Gasteiger partial charge is 0.495 e. The normalized spacial score (nSPS) is 13.2. The number of hydrogen-bond acceptors (Lipinski definition) is 5. The summed E-state index contributed by atoms with van der Waals surface area (Å²) in [7, 11) is -2.25. The highest BCUT2D eigenvalue weighted by Gasteiger charge is 2.17. The Morgan fingerprint density at radius 2 is 2.16 bits per heavy atom. The molecule has 0 aromatic heterocycles. The zero-order valence-corrected chi connectivity index (χ0v) is 11.9. The van der Waals surface area contributed by atoms with Crippen molar-refractivity contribution in [2.45, 2.75) is 30.8 Å². The van der Waals surface area contributed by atoms with Gasteiger partial charge in [0.05, 0.1) is 23.8 Å². The molecule has 0 heterocycles. The van der Waals surface area contributed by atoms with Gasteiger partial charge in [-0.3, -0.25) is 0 Å². The highest BCUT2D eigenvalue weighted by atomic mass is 32.2. The maximum atomic E-state index is 12.0. The van der Waals surface area contributed by atoms with E-state index in [1.807, 2.05) is 6.92 Å². The molecule has 1 rings (SSSR count). The van der Waals surface area contributed by atoms with E-state index < -0.39 is 16.1 Å². The Bertz CT molecular complexity index is 516. The van der Waals surface area contributed by atoms with Gasteiger partial charge in [-0.15, -0.1) is 0 Å². The first-order valence-electron chi connectivity index (χ1n) is 6.02. The second kappa shape index (κ2) is 6.74. The first-order valence-corrected chi connectivity index (χ1v) is 7.50. The van der Waals surface area contributed by atoms with Gasteiger partial charge < -0.3 is 15.6 Å². The minimum Gasteiger partial charge on any atom is -0.495 e. The van der Waals surface area contributed by atoms with Gasteiger partial charge in [0, 0.05) is 12.6 Å². The summed E-state index contributed by atoms with van der Waals surface area (Å²) in [4.78, 5) is 0.0576. The molecule has 1 unspecified atom stereocenters. The fourth-order valence-corrected chi connectivity index (χ4v) is 2.67. The average molecular weight is 288 g/mol. The molecule has 0 aliphatic rings. The molecule has 6 nitrogen and oxygen atoms in total. The van der Waals surface area contributed by atoms with Gasteiger partial charge in [0.25, 0.3) is 0 Å². The maximum Gasteiger partial charge on any atom is 0.240 e. The van der Waals surface area contributed by atoms with Crippen molar-refractivity contribution in [2.24, 2.45) is 0 Å². The fraction of sp³-hybridized carbons (Fsp3) is 0.500. The molecule has 0 aliphatic carbocycles. The van der Waals surface area contributed by atoms with E-state index in [0.717, 1.165) is 6.42 Å². The number of hydrogen-bond donors (Lipinski definition) is 3. The van der Waals surface area contributed by atoms with E-state index in [4.69, 9.17) is 10.5 Å². The molecular weight excluding hydrogens is 268 g/mol. The highest BCUT2D eigenvalue weighted by Crippen LogP contribution is 2.24. The molecule has 1 atom stereocenters. The third kappa shape index (κ3) is 4.38. The van der Waals surface area contributed by atoms with Gasteiger partial charge in [0.1, 0.15) is 5.75 Å². The van der Waals surface area contributed by atoms with E-state index in [0.29, 0.717) is 17.9 Å². The van der Waals surface area contributed by atoms with E-state index in [-0.39, 0.29) is 11.4 Å². The van der Waals surface area contributed by atoms with Crippen LogP contribution in [-0.2, 0) is 10.0 Å². The van der Waals surface area contributed by atoms with Crippen LogP contribution >= 0.6 is 0 Å². The number of aliphatic hydroxyl groups excluding tert-OH is 1. The van der Waals surface area contributed by atoms with Crippen molar-refractivity contribution in [3.63, 3.8) is 0 Å². The Morgan fingerprint density at radius 3 is 2.74 bits per heavy atom. The van der Waals surface area contributed by atoms with Crippen LogP contribution in [0.2, 0.25) is 0 Å². The Kier molecular flexibility index (Phi) is 5.59. The molecule has 108 valence electrons. The van der Waals surface area contributed by atoms with Crippen LogP contribution in [0.4, 0.5) is 5.69 Å². The second-order valence-electron chi connectivity index (χ2n) is 4.20. The van der Waals surface area contributed by atoms with Crippen LogP contribution in [0.3, 0.4) is 0 Å². The first kappa shape index (κ1) is 15.7. The van der Waals surface area contributed by atoms with Crippen molar-refractivity contribution in [1.29, 1.82) is 0 Å². The van der Waals surface area contributed by atoms with Gasteiger partial charge in [-0.05, 0) is 18.6 Å². The molecule has 0 spiro atoms. The number of ether oxygens (including phenoxy) is 1. The Morgan fingerprint density at radius 1 is 1.47 bits per heavy atom. The number of sulfonamides is 1. The van der Waals surface area contributed by atoms with Gasteiger partial charge in [0.2, 0.25) is 10.0 Å². The van der Waals surface area contributed by atoms with E-state index >= 15 is 0 Å². The zero-order valence-electron chi connectivity index (χ0n) is 11.1. The van der Waals surface area contributed by atoms with Crippen LogP contribution in [-0.4, -0.2) is 33.3 Å². The summed E-state index contributed by atoms with van der Waals surface area (Å²) in [5.41, 5.74) is 5.99. The third-order valence-corrected chi connectivity index (χ3v) is 4.07. The smallest absolute Gasteiger partial charge is 0.240 e. The molecule has 7 heteroatoms. The number of rotatable bonds is 7. The third-order valence-electron chi connectivity index (χ3n) is 2.65. The van der Waals surface area contributed by atoms with Crippen LogP contribution in [0.25, 0.3) is 0 Å². The Balaban J connectivity index is 2.83. The second-order valence-corrected chi connectivity index (χ2v) is 5.97. The van der Waals surface area contributed by atoms with Crippen LogP contribution in [0.1, 0.15) is 19.8 Å². The van der Waals surface area contributed by atoms with Gasteiger partial charge in [0.15, 0.2) is 0 Å². The van der Waals surface area contributed by atoms with Gasteiger partial charge in [-0.25, -0.2) is 13.1 Å². The number of nitrogens with one attached hydrogen (secondary N) is 1. The predicted molar refractivity (Wildman–Crippen MR) is 73.5 cm³/mol. The molecule has 1 aromatic carbocycles. The summed E-state index contributed by atoms with van der Waals surface area (Å²) in [6, 6.07) is 4.21. The standard InChI is InChI=1S/C12H20N2O4S/c1-3-4-9(15)8-14-19(16,17)10-5-6-11(13)12(7-10)18-2/h5-7,9,14-15H,3-4,8,13H2,1-2H3. The van der Waals surface area contributed by atoms with Crippen LogP contribution in [0.15, 0.2) is 23.1 Å². The van der Waals surface area contributed by atoms with Gasteiger partial charge >= 0.3 is 0 Å². The molecular formula is C12H20N2O4S. The molecule has 0 saturated heterocycles. The summed E-state index contributed by atoms with van der Waals surface area (Å²) >= 11 is 0. The van der Waals surface area contributed by atoms with Crippen molar-refractivity contribution in [2.75, 3.05) is 19.4 Å². The molecule has 1 aromatic rings. The van der Waals surface area contributed by atoms with Crippen molar-refractivity contribution in [1.82, 2.24) is 4.72 Å². The maximum absolute atomic E-state index is 12.0. The van der Waals surface area contributed by atoms with Crippen LogP contribution < -0.4 is 15.2 Å². The minimum absolute atomic E-state index is 0.0110. The molecule has 0 fully saturated rings. The average Bonchev–Trinajstić information content (AvgIpc) is 2.37. The van der Waals surface area contributed by atoms with E-state index in [2.05, 4.69) is 4.72 Å². The monoisotopic (exact) mass is 288 g/mol. The van der Waals surface area contributed by atoms with Crippen LogP contribution in [0.5, 0.6) is 5.75 Å². The summed E-state index contributed by atoms with van der Waals surface area (Å²) in [5.74, 6) is 0.303. The highest BCUT2D eigenvalue weighted by molar-refractivity contribution is 7.89. The summed E-state index contributed by atoms with van der Waals surface area (Å²) in [6.07, 6.45) is 0.655. The Labute approximate surface area is 113 Å². The number of aliphatic hydroxyl groups is 1. The quantitative estimate of drug-likeness (QED) is 0.642. The fourth-order valence-electron chi connectivity index (χ4n) is 1.58. The molecule has 0 amide bonds. The van der Waals surface area contributed by atoms with E-state index in [1.165, 1.54) is 25.3 Å². The predicted octanol–water partition coefficient (Wildman–Crippen LogP) is 0.717. The molecule has 0 bridgehead atoms. The molecule has 0 saturated carbocycles. The van der Waals surface area contributed by atoms with E-state index in [9.17, 15) is 13.5 Å². The van der Waals surface area contributed by atoms with Gasteiger partial charge in [-0.1, -0.05) is 13.3 Å². The lowest BCUT2D eigenvalue weighted by Gasteiger charge is -2.12. The SMILES string of the molecule is CCCC(O)CNS(=O)(=O)c1ccc(N)c(OC)c1. The number of nitrogens with two attached hydrogens (primary N) is 1. The van der Waals surface area contributed by atoms with Crippen molar-refractivity contribution in [3.05, 3.63) is 18.2 Å². The van der Waals surface area contributed by atoms with Crippen LogP contribution in [0, 0.1) is 0 Å². The van der Waals surface area contributed by atoms with Crippen molar-refractivity contribution >= 4 is 15.7 Å². The number of methoxy groups -OCH3 is 1. The number of benzene rings is 1. The first-order chi connectivity index (χ1) is 8.90. The van der Waals surface area contributed by atoms with Gasteiger partial charge in [-0.2, -0.15) is 0 Å². The molecule has 0 radical (unpaired) electrons. The summed E-state index contributed by atoms with van der Waals surface area (Å²) < 4.78 is 31.3. The molecule has 4 N–H and O–H groups in total. The lowest BCUT2D eigenvalue weighted by atomic mass is 10.2. The zero-order chi connectivity index (χ0) is 14.5. The van der Waals surface area contributed by atoms with Crippen molar-refractivity contribution < 1.29 is 18.3 Å². The molecule has 0 aliphatic heterocycles.